The van der Waals surface area contributed by atoms with Gasteiger partial charge in [-0.2, -0.15) is 0 Å². The summed E-state index contributed by atoms with van der Waals surface area (Å²) in [6.07, 6.45) is 0.536. The third-order valence-corrected chi connectivity index (χ3v) is 5.25. The quantitative estimate of drug-likeness (QED) is 0.0798. The molecule has 13 heteroatoms. The van der Waals surface area contributed by atoms with Gasteiger partial charge in [-0.1, -0.05) is 13.8 Å². The van der Waals surface area contributed by atoms with Crippen molar-refractivity contribution >= 4 is 29.7 Å². The lowest BCUT2D eigenvalue weighted by atomic mass is 10.0. The summed E-state index contributed by atoms with van der Waals surface area (Å²) < 4.78 is 0. The first-order valence-electron chi connectivity index (χ1n) is 11.0. The Hall–Kier alpha value is -2.93. The fourth-order valence-electron chi connectivity index (χ4n) is 3.37. The molecule has 1 fully saturated rings. The zero-order chi connectivity index (χ0) is 25.1. The molecular weight excluding hydrogens is 434 g/mol. The van der Waals surface area contributed by atoms with Crippen LogP contribution in [0.2, 0.25) is 0 Å². The highest BCUT2D eigenvalue weighted by molar-refractivity contribution is 5.94. The Labute approximate surface area is 193 Å². The third kappa shape index (κ3) is 9.61. The molecule has 5 atom stereocenters. The summed E-state index contributed by atoms with van der Waals surface area (Å²) in [5.74, 6) is -3.53. The highest BCUT2D eigenvalue weighted by atomic mass is 16.4. The summed E-state index contributed by atoms with van der Waals surface area (Å²) in [5, 5.41) is 30.0. The van der Waals surface area contributed by atoms with Gasteiger partial charge in [0.25, 0.3) is 0 Å². The number of hydrogen-bond acceptors (Lipinski definition) is 7. The van der Waals surface area contributed by atoms with Crippen LogP contribution in [-0.4, -0.2) is 83.2 Å². The van der Waals surface area contributed by atoms with Crippen molar-refractivity contribution < 1.29 is 29.4 Å². The monoisotopic (exact) mass is 471 g/mol. The van der Waals surface area contributed by atoms with Gasteiger partial charge in [0.2, 0.25) is 17.7 Å². The number of aliphatic carboxylic acids is 1. The zero-order valence-corrected chi connectivity index (χ0v) is 19.3. The van der Waals surface area contributed by atoms with E-state index < -0.39 is 42.0 Å². The van der Waals surface area contributed by atoms with Gasteiger partial charge >= 0.3 is 5.97 Å². The number of aliphatic imine (C=N–C) groups is 1. The van der Waals surface area contributed by atoms with Gasteiger partial charge in [-0.3, -0.25) is 19.4 Å². The molecule has 0 saturated carbocycles. The molecule has 0 radical (unpaired) electrons. The van der Waals surface area contributed by atoms with Crippen LogP contribution in [0.3, 0.4) is 0 Å². The number of carbonyl (C=O) groups is 4. The van der Waals surface area contributed by atoms with Gasteiger partial charge in [0.05, 0.1) is 12.1 Å². The summed E-state index contributed by atoms with van der Waals surface area (Å²) >= 11 is 0. The lowest BCUT2D eigenvalue weighted by Crippen LogP contribution is -2.60. The second kappa shape index (κ2) is 13.6. The molecule has 1 rings (SSSR count). The van der Waals surface area contributed by atoms with Gasteiger partial charge in [-0.05, 0) is 45.1 Å². The second-order valence-corrected chi connectivity index (χ2v) is 8.45. The smallest absolute Gasteiger partial charge is 0.326 e. The average Bonchev–Trinajstić information content (AvgIpc) is 3.26. The molecule has 1 heterocycles. The van der Waals surface area contributed by atoms with Crippen LogP contribution in [0.1, 0.15) is 46.5 Å². The lowest BCUT2D eigenvalue weighted by Gasteiger charge is -2.28. The minimum atomic E-state index is -1.42. The molecule has 0 spiro atoms. The molecule has 0 aromatic rings. The molecule has 1 aliphatic heterocycles. The number of aliphatic hydroxyl groups excluding tert-OH is 1. The number of rotatable bonds is 13. The van der Waals surface area contributed by atoms with E-state index in [0.717, 1.165) is 13.0 Å². The Balaban J connectivity index is 2.80. The fourth-order valence-corrected chi connectivity index (χ4v) is 3.37. The highest BCUT2D eigenvalue weighted by Crippen LogP contribution is 2.09. The normalized spacial score (nSPS) is 19.1. The van der Waals surface area contributed by atoms with E-state index in [2.05, 4.69) is 26.3 Å². The van der Waals surface area contributed by atoms with Gasteiger partial charge in [0.1, 0.15) is 18.1 Å². The third-order valence-electron chi connectivity index (χ3n) is 5.25. The largest absolute Gasteiger partial charge is 0.480 e. The second-order valence-electron chi connectivity index (χ2n) is 8.45. The molecule has 1 aliphatic rings. The van der Waals surface area contributed by atoms with Crippen molar-refractivity contribution in [3.05, 3.63) is 0 Å². The summed E-state index contributed by atoms with van der Waals surface area (Å²) in [6.45, 7) is 5.68. The number of hydrogen-bond donors (Lipinski definition) is 8. The lowest BCUT2D eigenvalue weighted by molar-refractivity contribution is -0.143. The Morgan fingerprint density at radius 2 is 1.70 bits per heavy atom. The number of aliphatic hydroxyl groups is 1. The number of nitrogens with zero attached hydrogens (tertiary/aromatic N) is 1. The van der Waals surface area contributed by atoms with Crippen molar-refractivity contribution in [3.8, 4) is 0 Å². The van der Waals surface area contributed by atoms with Crippen molar-refractivity contribution in [1.29, 1.82) is 0 Å². The van der Waals surface area contributed by atoms with E-state index in [4.69, 9.17) is 11.5 Å². The fraction of sp³-hybridized carbons (Fsp3) is 0.750. The van der Waals surface area contributed by atoms with Gasteiger partial charge in [-0.15, -0.1) is 0 Å². The molecule has 0 aliphatic carbocycles. The average molecular weight is 472 g/mol. The van der Waals surface area contributed by atoms with Crippen molar-refractivity contribution in [2.24, 2.45) is 22.4 Å². The number of nitrogens with one attached hydrogen (secondary N) is 4. The summed E-state index contributed by atoms with van der Waals surface area (Å²) in [6, 6.07) is -4.01. The Morgan fingerprint density at radius 1 is 1.06 bits per heavy atom. The van der Waals surface area contributed by atoms with E-state index in [1.165, 1.54) is 6.92 Å². The van der Waals surface area contributed by atoms with Gasteiger partial charge in [0, 0.05) is 6.54 Å². The SMILES string of the molecule is CC(C)C(NC(=O)C1CCCN1)C(=O)NC(C(=O)NC(CCCN=C(N)N)C(=O)O)C(C)O. The first-order valence-corrected chi connectivity index (χ1v) is 11.0. The van der Waals surface area contributed by atoms with Crippen LogP contribution in [-0.2, 0) is 19.2 Å². The number of guanidine groups is 1. The maximum Gasteiger partial charge on any atom is 0.326 e. The van der Waals surface area contributed by atoms with Crippen LogP contribution in [0.25, 0.3) is 0 Å². The number of carboxylic acid groups (broad SMARTS) is 1. The van der Waals surface area contributed by atoms with E-state index >= 15 is 0 Å². The molecule has 3 amide bonds. The summed E-state index contributed by atoms with van der Waals surface area (Å²) in [5.41, 5.74) is 10.4. The molecule has 0 bridgehead atoms. The molecular formula is C20H37N7O6. The Morgan fingerprint density at radius 3 is 2.18 bits per heavy atom. The van der Waals surface area contributed by atoms with Crippen LogP contribution in [0.4, 0.5) is 0 Å². The molecule has 10 N–H and O–H groups in total. The van der Waals surface area contributed by atoms with Crippen LogP contribution < -0.4 is 32.7 Å². The van der Waals surface area contributed by atoms with E-state index in [1.54, 1.807) is 13.8 Å². The highest BCUT2D eigenvalue weighted by Gasteiger charge is 2.34. The van der Waals surface area contributed by atoms with E-state index in [1.807, 2.05) is 0 Å². The first kappa shape index (κ1) is 28.1. The molecule has 5 unspecified atom stereocenters. The number of amides is 3. The van der Waals surface area contributed by atoms with Crippen molar-refractivity contribution in [1.82, 2.24) is 21.3 Å². The van der Waals surface area contributed by atoms with Crippen LogP contribution in [0.5, 0.6) is 0 Å². The van der Waals surface area contributed by atoms with Gasteiger partial charge in [-0.25, -0.2) is 4.79 Å². The number of nitrogens with two attached hydrogens (primary N) is 2. The molecule has 0 aromatic heterocycles. The molecule has 1 saturated heterocycles. The maximum atomic E-state index is 12.9. The summed E-state index contributed by atoms with van der Waals surface area (Å²) in [7, 11) is 0. The topological polar surface area (TPSA) is 221 Å². The molecule has 188 valence electrons. The number of carbonyl (C=O) groups excluding carboxylic acids is 3. The Kier molecular flexibility index (Phi) is 11.6. The van der Waals surface area contributed by atoms with E-state index in [0.29, 0.717) is 6.42 Å². The minimum absolute atomic E-state index is 0.0391. The predicted molar refractivity (Wildman–Crippen MR) is 121 cm³/mol. The van der Waals surface area contributed by atoms with Crippen LogP contribution in [0.15, 0.2) is 4.99 Å². The zero-order valence-electron chi connectivity index (χ0n) is 19.3. The maximum absolute atomic E-state index is 12.9. The van der Waals surface area contributed by atoms with Crippen molar-refractivity contribution in [2.75, 3.05) is 13.1 Å². The molecule has 0 aromatic carbocycles. The number of carboxylic acids is 1. The van der Waals surface area contributed by atoms with Crippen molar-refractivity contribution in [3.63, 3.8) is 0 Å². The standard InChI is InChI=1S/C20H37N7O6/c1-10(2)14(26-16(29)12-6-4-8-23-12)17(30)27-15(11(3)28)18(31)25-13(19(32)33)7-5-9-24-20(21)22/h10-15,23,28H,4-9H2,1-3H3,(H,25,31)(H,26,29)(H,27,30)(H,32,33)(H4,21,22,24). The van der Waals surface area contributed by atoms with E-state index in [9.17, 15) is 29.4 Å². The van der Waals surface area contributed by atoms with Gasteiger partial charge < -0.3 is 42.9 Å². The Bertz CT molecular complexity index is 718. The first-order chi connectivity index (χ1) is 15.4. The summed E-state index contributed by atoms with van der Waals surface area (Å²) in [4.78, 5) is 53.3. The van der Waals surface area contributed by atoms with E-state index in [-0.39, 0.29) is 43.2 Å². The van der Waals surface area contributed by atoms with Crippen molar-refractivity contribution in [2.45, 2.75) is 76.7 Å². The molecule has 33 heavy (non-hydrogen) atoms. The van der Waals surface area contributed by atoms with Crippen LogP contribution in [0, 0.1) is 5.92 Å². The minimum Gasteiger partial charge on any atom is -0.480 e. The van der Waals surface area contributed by atoms with Gasteiger partial charge in [0.15, 0.2) is 5.96 Å². The predicted octanol–water partition coefficient (Wildman–Crippen LogP) is -2.63. The molecule has 13 nitrogen and oxygen atoms in total. The van der Waals surface area contributed by atoms with Crippen LogP contribution >= 0.6 is 0 Å².